The molecule has 0 bridgehead atoms. The van der Waals surface area contributed by atoms with E-state index in [2.05, 4.69) is 4.98 Å². The number of amides is 1. The van der Waals surface area contributed by atoms with Crippen molar-refractivity contribution in [2.45, 2.75) is 25.9 Å². The average molecular weight is 333 g/mol. The summed E-state index contributed by atoms with van der Waals surface area (Å²) in [6.07, 6.45) is 2.48. The monoisotopic (exact) mass is 332 g/mol. The van der Waals surface area contributed by atoms with Crippen LogP contribution in [-0.2, 0) is 16.0 Å². The van der Waals surface area contributed by atoms with Crippen molar-refractivity contribution >= 4 is 29.2 Å². The summed E-state index contributed by atoms with van der Waals surface area (Å²) >= 11 is 5.77. The number of nitrogens with one attached hydrogen (secondary N) is 1. The van der Waals surface area contributed by atoms with E-state index in [-0.39, 0.29) is 11.6 Å². The van der Waals surface area contributed by atoms with Crippen molar-refractivity contribution in [3.8, 4) is 0 Å². The Morgan fingerprint density at radius 3 is 2.87 bits per heavy atom. The SMILES string of the molecule is C[C@H](OC(=O)c1cc(Cl)c[nH]1)C(=O)N1CCCc2ccccc21. The molecule has 23 heavy (non-hydrogen) atoms. The van der Waals surface area contributed by atoms with Crippen molar-refractivity contribution in [3.05, 3.63) is 52.8 Å². The maximum atomic E-state index is 12.6. The van der Waals surface area contributed by atoms with Crippen LogP contribution >= 0.6 is 11.6 Å². The molecule has 1 aliphatic heterocycles. The first kappa shape index (κ1) is 15.6. The quantitative estimate of drug-likeness (QED) is 0.878. The van der Waals surface area contributed by atoms with Gasteiger partial charge in [0.15, 0.2) is 6.10 Å². The molecule has 1 aromatic heterocycles. The lowest BCUT2D eigenvalue weighted by molar-refractivity contribution is -0.126. The van der Waals surface area contributed by atoms with Crippen LogP contribution < -0.4 is 4.90 Å². The van der Waals surface area contributed by atoms with Gasteiger partial charge >= 0.3 is 5.97 Å². The lowest BCUT2D eigenvalue weighted by Gasteiger charge is -2.31. The van der Waals surface area contributed by atoms with E-state index >= 15 is 0 Å². The largest absolute Gasteiger partial charge is 0.448 e. The molecule has 2 aromatic rings. The number of carbonyl (C=O) groups is 2. The highest BCUT2D eigenvalue weighted by Crippen LogP contribution is 2.27. The fraction of sp³-hybridized carbons (Fsp3) is 0.294. The molecule has 0 saturated carbocycles. The molecule has 0 spiro atoms. The van der Waals surface area contributed by atoms with Gasteiger partial charge in [-0.2, -0.15) is 0 Å². The highest BCUT2D eigenvalue weighted by Gasteiger charge is 2.28. The second-order valence-electron chi connectivity index (χ2n) is 5.50. The number of ether oxygens (including phenoxy) is 1. The third kappa shape index (κ3) is 3.24. The van der Waals surface area contributed by atoms with Gasteiger partial charge in [0, 0.05) is 18.4 Å². The number of H-pyrrole nitrogens is 1. The van der Waals surface area contributed by atoms with Gasteiger partial charge in [-0.15, -0.1) is 0 Å². The Morgan fingerprint density at radius 1 is 1.35 bits per heavy atom. The molecule has 5 nitrogen and oxygen atoms in total. The number of hydrogen-bond donors (Lipinski definition) is 1. The lowest BCUT2D eigenvalue weighted by Crippen LogP contribution is -2.42. The van der Waals surface area contributed by atoms with Gasteiger partial charge in [0.25, 0.3) is 5.91 Å². The van der Waals surface area contributed by atoms with E-state index in [0.717, 1.165) is 24.1 Å². The first-order valence-corrected chi connectivity index (χ1v) is 7.88. The Hall–Kier alpha value is -2.27. The number of benzene rings is 1. The zero-order valence-electron chi connectivity index (χ0n) is 12.7. The van der Waals surface area contributed by atoms with E-state index < -0.39 is 12.1 Å². The molecule has 0 radical (unpaired) electrons. The predicted molar refractivity (Wildman–Crippen MR) is 87.8 cm³/mol. The van der Waals surface area contributed by atoms with Gasteiger partial charge in [-0.1, -0.05) is 29.8 Å². The van der Waals surface area contributed by atoms with Crippen LogP contribution in [0.15, 0.2) is 36.5 Å². The smallest absolute Gasteiger partial charge is 0.355 e. The van der Waals surface area contributed by atoms with Crippen molar-refractivity contribution < 1.29 is 14.3 Å². The summed E-state index contributed by atoms with van der Waals surface area (Å²) in [6.45, 7) is 2.22. The van der Waals surface area contributed by atoms with Crippen molar-refractivity contribution in [2.24, 2.45) is 0 Å². The number of hydrogen-bond acceptors (Lipinski definition) is 3. The molecule has 0 unspecified atom stereocenters. The molecule has 1 aliphatic rings. The molecule has 2 heterocycles. The summed E-state index contributed by atoms with van der Waals surface area (Å²) in [5, 5.41) is 0.417. The summed E-state index contributed by atoms with van der Waals surface area (Å²) in [5.41, 5.74) is 2.27. The van der Waals surface area contributed by atoms with Gasteiger partial charge in [0.2, 0.25) is 0 Å². The van der Waals surface area contributed by atoms with Crippen LogP contribution in [0.3, 0.4) is 0 Å². The van der Waals surface area contributed by atoms with Crippen molar-refractivity contribution in [2.75, 3.05) is 11.4 Å². The molecule has 1 amide bonds. The molecule has 1 aromatic carbocycles. The topological polar surface area (TPSA) is 62.4 Å². The van der Waals surface area contributed by atoms with Crippen LogP contribution in [0, 0.1) is 0 Å². The molecule has 6 heteroatoms. The van der Waals surface area contributed by atoms with Gasteiger partial charge in [0.05, 0.1) is 5.02 Å². The number of esters is 1. The van der Waals surface area contributed by atoms with E-state index in [1.807, 2.05) is 24.3 Å². The van der Waals surface area contributed by atoms with E-state index in [0.29, 0.717) is 11.6 Å². The van der Waals surface area contributed by atoms with Crippen molar-refractivity contribution in [3.63, 3.8) is 0 Å². The van der Waals surface area contributed by atoms with E-state index in [9.17, 15) is 9.59 Å². The fourth-order valence-corrected chi connectivity index (χ4v) is 2.91. The number of carbonyl (C=O) groups excluding carboxylic acids is 2. The minimum Gasteiger partial charge on any atom is -0.448 e. The van der Waals surface area contributed by atoms with Crippen LogP contribution in [-0.4, -0.2) is 29.5 Å². The van der Waals surface area contributed by atoms with Gasteiger partial charge < -0.3 is 14.6 Å². The molecule has 1 N–H and O–H groups in total. The number of aromatic nitrogens is 1. The van der Waals surface area contributed by atoms with Crippen LogP contribution in [0.4, 0.5) is 5.69 Å². The fourth-order valence-electron chi connectivity index (χ4n) is 2.74. The summed E-state index contributed by atoms with van der Waals surface area (Å²) in [7, 11) is 0. The zero-order valence-corrected chi connectivity index (χ0v) is 13.5. The molecular formula is C17H17ClN2O3. The predicted octanol–water partition coefficient (Wildman–Crippen LogP) is 3.19. The number of aryl methyl sites for hydroxylation is 1. The maximum Gasteiger partial charge on any atom is 0.355 e. The summed E-state index contributed by atoms with van der Waals surface area (Å²) in [6, 6.07) is 9.28. The molecule has 0 fully saturated rings. The number of anilines is 1. The molecular weight excluding hydrogens is 316 g/mol. The molecule has 120 valence electrons. The highest BCUT2D eigenvalue weighted by molar-refractivity contribution is 6.30. The second kappa shape index (κ2) is 6.46. The Balaban J connectivity index is 1.72. The van der Waals surface area contributed by atoms with Gasteiger partial charge in [0.1, 0.15) is 5.69 Å². The first-order chi connectivity index (χ1) is 11.1. The molecule has 3 rings (SSSR count). The van der Waals surface area contributed by atoms with E-state index in [4.69, 9.17) is 16.3 Å². The Labute approximate surface area is 139 Å². The summed E-state index contributed by atoms with van der Waals surface area (Å²) in [5.74, 6) is -0.814. The second-order valence-corrected chi connectivity index (χ2v) is 5.94. The van der Waals surface area contributed by atoms with Crippen LogP contribution in [0.25, 0.3) is 0 Å². The molecule has 0 aliphatic carbocycles. The lowest BCUT2D eigenvalue weighted by atomic mass is 10.0. The Kier molecular flexibility index (Phi) is 4.39. The van der Waals surface area contributed by atoms with Crippen LogP contribution in [0.5, 0.6) is 0 Å². The van der Waals surface area contributed by atoms with Gasteiger partial charge in [-0.05, 0) is 37.5 Å². The normalized spacial score (nSPS) is 15.0. The number of rotatable bonds is 3. The minimum atomic E-state index is -0.865. The Morgan fingerprint density at radius 2 is 2.13 bits per heavy atom. The van der Waals surface area contributed by atoms with Crippen molar-refractivity contribution in [1.82, 2.24) is 4.98 Å². The number of aromatic amines is 1. The number of para-hydroxylation sites is 1. The first-order valence-electron chi connectivity index (χ1n) is 7.50. The molecule has 0 saturated heterocycles. The third-order valence-electron chi connectivity index (χ3n) is 3.88. The number of halogens is 1. The van der Waals surface area contributed by atoms with E-state index in [1.165, 1.54) is 12.3 Å². The Bertz CT molecular complexity index is 741. The number of fused-ring (bicyclic) bond motifs is 1. The minimum absolute atomic E-state index is 0.219. The van der Waals surface area contributed by atoms with Gasteiger partial charge in [-0.25, -0.2) is 4.79 Å². The maximum absolute atomic E-state index is 12.6. The molecule has 1 atom stereocenters. The summed E-state index contributed by atoms with van der Waals surface area (Å²) in [4.78, 5) is 29.1. The number of nitrogens with zero attached hydrogens (tertiary/aromatic N) is 1. The third-order valence-corrected chi connectivity index (χ3v) is 4.09. The average Bonchev–Trinajstić information content (AvgIpc) is 3.00. The standard InChI is InChI=1S/C17H17ClN2O3/c1-11(23-17(22)14-9-13(18)10-19-14)16(21)20-8-4-6-12-5-2-3-7-15(12)20/h2-3,5,7,9-11,19H,4,6,8H2,1H3/t11-/m0/s1. The van der Waals surface area contributed by atoms with Crippen LogP contribution in [0.1, 0.15) is 29.4 Å². The van der Waals surface area contributed by atoms with Crippen molar-refractivity contribution in [1.29, 1.82) is 0 Å². The summed E-state index contributed by atoms with van der Waals surface area (Å²) < 4.78 is 5.26. The van der Waals surface area contributed by atoms with Gasteiger partial charge in [-0.3, -0.25) is 4.79 Å². The van der Waals surface area contributed by atoms with E-state index in [1.54, 1.807) is 11.8 Å². The zero-order chi connectivity index (χ0) is 16.4. The highest BCUT2D eigenvalue weighted by atomic mass is 35.5. The van der Waals surface area contributed by atoms with Crippen LogP contribution in [0.2, 0.25) is 5.02 Å².